The molecule has 5 heteroatoms. The molecule has 0 atom stereocenters. The fourth-order valence-corrected chi connectivity index (χ4v) is 2.41. The first-order chi connectivity index (χ1) is 14.8. The van der Waals surface area contributed by atoms with Crippen LogP contribution in [0.5, 0.6) is 23.0 Å². The number of rotatable bonds is 6. The van der Waals surface area contributed by atoms with Crippen LogP contribution in [-0.4, -0.2) is 32.4 Å². The van der Waals surface area contributed by atoms with E-state index >= 15 is 0 Å². The Bertz CT molecular complexity index is 984. The van der Waals surface area contributed by atoms with Gasteiger partial charge >= 0.3 is 0 Å². The van der Waals surface area contributed by atoms with Gasteiger partial charge in [-0.3, -0.25) is 0 Å². The van der Waals surface area contributed by atoms with Crippen molar-refractivity contribution in [3.8, 4) is 46.7 Å². The molecule has 0 spiro atoms. The molecule has 3 aromatic rings. The Morgan fingerprint density at radius 2 is 1.00 bits per heavy atom. The van der Waals surface area contributed by atoms with Crippen LogP contribution in [0.15, 0.2) is 66.7 Å². The molecular formula is C25H21NO4. The molecule has 0 saturated heterocycles. The number of methoxy groups -OCH3 is 2. The average Bonchev–Trinajstić information content (AvgIpc) is 2.81. The average molecular weight is 399 g/mol. The van der Waals surface area contributed by atoms with Crippen LogP contribution in [0.3, 0.4) is 0 Å². The number of hydrogen-bond acceptors (Lipinski definition) is 5. The van der Waals surface area contributed by atoms with Gasteiger partial charge in [0.05, 0.1) is 14.2 Å². The highest BCUT2D eigenvalue weighted by Crippen LogP contribution is 2.17. The van der Waals surface area contributed by atoms with Gasteiger partial charge in [0.15, 0.2) is 0 Å². The zero-order valence-corrected chi connectivity index (χ0v) is 16.8. The number of hydrogen-bond donors (Lipinski definition) is 0. The van der Waals surface area contributed by atoms with Crippen molar-refractivity contribution in [1.29, 1.82) is 0 Å². The second-order valence-corrected chi connectivity index (χ2v) is 5.94. The van der Waals surface area contributed by atoms with Gasteiger partial charge in [0.2, 0.25) is 0 Å². The Balaban J connectivity index is 1.49. The summed E-state index contributed by atoms with van der Waals surface area (Å²) in [7, 11) is 3.25. The van der Waals surface area contributed by atoms with Gasteiger partial charge in [-0.2, -0.15) is 0 Å². The lowest BCUT2D eigenvalue weighted by Crippen LogP contribution is -1.95. The summed E-state index contributed by atoms with van der Waals surface area (Å²) in [5.74, 6) is 14.9. The van der Waals surface area contributed by atoms with Crippen LogP contribution in [0, 0.1) is 23.7 Å². The van der Waals surface area contributed by atoms with Crippen molar-refractivity contribution in [2.45, 2.75) is 0 Å². The van der Waals surface area contributed by atoms with Gasteiger partial charge in [-0.05, 0) is 72.5 Å². The van der Waals surface area contributed by atoms with Gasteiger partial charge in [-0.25, -0.2) is 4.98 Å². The molecule has 0 bridgehead atoms. The highest BCUT2D eigenvalue weighted by Gasteiger charge is 1.95. The first-order valence-electron chi connectivity index (χ1n) is 9.25. The fourth-order valence-electron chi connectivity index (χ4n) is 2.41. The summed E-state index contributed by atoms with van der Waals surface area (Å²) in [5.41, 5.74) is 1.27. The van der Waals surface area contributed by atoms with Gasteiger partial charge < -0.3 is 18.9 Å². The Morgan fingerprint density at radius 1 is 0.600 bits per heavy atom. The van der Waals surface area contributed by atoms with Crippen LogP contribution in [-0.2, 0) is 0 Å². The molecule has 0 aliphatic heterocycles. The molecule has 30 heavy (non-hydrogen) atoms. The van der Waals surface area contributed by atoms with Crippen molar-refractivity contribution in [2.24, 2.45) is 0 Å². The molecule has 0 radical (unpaired) electrons. The highest BCUT2D eigenvalue weighted by molar-refractivity contribution is 5.36. The van der Waals surface area contributed by atoms with Gasteiger partial charge in [-0.15, -0.1) is 0 Å². The molecule has 0 aliphatic rings. The Morgan fingerprint density at radius 3 is 1.40 bits per heavy atom. The summed E-state index contributed by atoms with van der Waals surface area (Å²) in [4.78, 5) is 4.42. The van der Waals surface area contributed by atoms with Gasteiger partial charge in [0, 0.05) is 0 Å². The first-order valence-corrected chi connectivity index (χ1v) is 9.25. The molecule has 0 saturated carbocycles. The predicted octanol–water partition coefficient (Wildman–Crippen LogP) is 3.96. The lowest BCUT2D eigenvalue weighted by atomic mass is 10.3. The molecule has 1 aromatic heterocycles. The number of benzene rings is 2. The summed E-state index contributed by atoms with van der Waals surface area (Å²) < 4.78 is 21.4. The lowest BCUT2D eigenvalue weighted by Gasteiger charge is -2.03. The third kappa shape index (κ3) is 6.51. The minimum absolute atomic E-state index is 0.264. The maximum Gasteiger partial charge on any atom is 0.149 e. The van der Waals surface area contributed by atoms with Crippen LogP contribution in [0.4, 0.5) is 0 Å². The van der Waals surface area contributed by atoms with E-state index in [1.165, 1.54) is 0 Å². The van der Waals surface area contributed by atoms with E-state index in [2.05, 4.69) is 28.7 Å². The van der Waals surface area contributed by atoms with Crippen LogP contribution >= 0.6 is 0 Å². The maximum atomic E-state index is 5.58. The Hall–Kier alpha value is -4.09. The van der Waals surface area contributed by atoms with E-state index in [-0.39, 0.29) is 13.2 Å². The number of ether oxygens (including phenoxy) is 4. The molecule has 0 aliphatic carbocycles. The first kappa shape index (κ1) is 20.6. The molecular weight excluding hydrogens is 378 g/mol. The third-order valence-corrected chi connectivity index (χ3v) is 3.92. The number of aromatic nitrogens is 1. The Kier molecular flexibility index (Phi) is 7.60. The van der Waals surface area contributed by atoms with E-state index in [4.69, 9.17) is 18.9 Å². The van der Waals surface area contributed by atoms with Crippen LogP contribution < -0.4 is 18.9 Å². The van der Waals surface area contributed by atoms with Crippen LogP contribution in [0.1, 0.15) is 11.4 Å². The van der Waals surface area contributed by atoms with Crippen molar-refractivity contribution in [1.82, 2.24) is 4.98 Å². The minimum Gasteiger partial charge on any atom is -0.497 e. The summed E-state index contributed by atoms with van der Waals surface area (Å²) in [6, 6.07) is 20.2. The van der Waals surface area contributed by atoms with Gasteiger partial charge in [0.25, 0.3) is 0 Å². The largest absolute Gasteiger partial charge is 0.497 e. The molecule has 0 unspecified atom stereocenters. The van der Waals surface area contributed by atoms with Crippen molar-refractivity contribution in [3.63, 3.8) is 0 Å². The maximum absolute atomic E-state index is 5.58. The van der Waals surface area contributed by atoms with Crippen LogP contribution in [0.2, 0.25) is 0 Å². The van der Waals surface area contributed by atoms with Crippen molar-refractivity contribution < 1.29 is 18.9 Å². The standard InChI is InChI=1S/C25H21NO4/c1-27-22-10-14-24(15-11-22)29-18-4-8-20-6-3-7-21(26-20)9-5-19-30-25-16-12-23(28-2)13-17-25/h3,6-7,10-17H,18-19H2,1-2H3. The molecule has 150 valence electrons. The van der Waals surface area contributed by atoms with Gasteiger partial charge in [-0.1, -0.05) is 17.9 Å². The van der Waals surface area contributed by atoms with E-state index in [0.717, 1.165) is 23.0 Å². The highest BCUT2D eigenvalue weighted by atomic mass is 16.5. The number of nitrogens with zero attached hydrogens (tertiary/aromatic N) is 1. The van der Waals surface area contributed by atoms with Crippen molar-refractivity contribution in [2.75, 3.05) is 27.4 Å². The molecule has 0 amide bonds. The van der Waals surface area contributed by atoms with Gasteiger partial charge in [0.1, 0.15) is 47.6 Å². The lowest BCUT2D eigenvalue weighted by molar-refractivity contribution is 0.367. The van der Waals surface area contributed by atoms with Crippen LogP contribution in [0.25, 0.3) is 0 Å². The SMILES string of the molecule is COc1ccc(OCC#Cc2cccc(C#CCOc3ccc(OC)cc3)n2)cc1. The second-order valence-electron chi connectivity index (χ2n) is 5.94. The topological polar surface area (TPSA) is 49.8 Å². The summed E-state index contributed by atoms with van der Waals surface area (Å²) >= 11 is 0. The van der Waals surface area contributed by atoms with Crippen molar-refractivity contribution in [3.05, 3.63) is 78.1 Å². The molecule has 0 N–H and O–H groups in total. The van der Waals surface area contributed by atoms with E-state index in [1.807, 2.05) is 66.7 Å². The zero-order valence-electron chi connectivity index (χ0n) is 16.8. The molecule has 2 aromatic carbocycles. The summed E-state index contributed by atoms with van der Waals surface area (Å²) in [5, 5.41) is 0. The van der Waals surface area contributed by atoms with E-state index in [9.17, 15) is 0 Å². The fraction of sp³-hybridized carbons (Fsp3) is 0.160. The van der Waals surface area contributed by atoms with E-state index in [0.29, 0.717) is 11.4 Å². The molecule has 3 rings (SSSR count). The smallest absolute Gasteiger partial charge is 0.149 e. The summed E-state index contributed by atoms with van der Waals surface area (Å²) in [6.45, 7) is 0.527. The monoisotopic (exact) mass is 399 g/mol. The summed E-state index contributed by atoms with van der Waals surface area (Å²) in [6.07, 6.45) is 0. The normalized spacial score (nSPS) is 9.40. The second kappa shape index (κ2) is 11.0. The zero-order chi connectivity index (χ0) is 21.0. The molecule has 0 fully saturated rings. The predicted molar refractivity (Wildman–Crippen MR) is 115 cm³/mol. The molecule has 1 heterocycles. The minimum atomic E-state index is 0.264. The van der Waals surface area contributed by atoms with E-state index < -0.39 is 0 Å². The Labute approximate surface area is 176 Å². The molecule has 5 nitrogen and oxygen atoms in total. The third-order valence-electron chi connectivity index (χ3n) is 3.92. The van der Waals surface area contributed by atoms with Crippen molar-refractivity contribution >= 4 is 0 Å². The quantitative estimate of drug-likeness (QED) is 0.588. The number of pyridine rings is 1. The van der Waals surface area contributed by atoms with E-state index in [1.54, 1.807) is 14.2 Å².